The molecule has 0 bridgehead atoms. The highest BCUT2D eigenvalue weighted by Crippen LogP contribution is 2.34. The van der Waals surface area contributed by atoms with E-state index in [9.17, 15) is 0 Å². The number of piperidine rings is 1. The van der Waals surface area contributed by atoms with E-state index >= 15 is 0 Å². The van der Waals surface area contributed by atoms with E-state index in [2.05, 4.69) is 11.9 Å². The average Bonchev–Trinajstić information content (AvgIpc) is 2.13. The van der Waals surface area contributed by atoms with Gasteiger partial charge >= 0.3 is 0 Å². The molecule has 1 saturated heterocycles. The Labute approximate surface area is 86.8 Å². The third-order valence-electron chi connectivity index (χ3n) is 4.06. The zero-order valence-electron chi connectivity index (χ0n) is 9.15. The number of nitrogens with zero attached hydrogens (tertiary/aromatic N) is 1. The van der Waals surface area contributed by atoms with Gasteiger partial charge in [-0.15, -0.1) is 0 Å². The second-order valence-corrected chi connectivity index (χ2v) is 5.21. The SMILES string of the molecule is CN1CCC(C(N)C2CC(N)C2)CC1. The van der Waals surface area contributed by atoms with Crippen LogP contribution in [0.3, 0.4) is 0 Å². The smallest absolute Gasteiger partial charge is 0.00977 e. The van der Waals surface area contributed by atoms with Crippen molar-refractivity contribution in [2.75, 3.05) is 20.1 Å². The van der Waals surface area contributed by atoms with Crippen LogP contribution in [0.5, 0.6) is 0 Å². The number of likely N-dealkylation sites (tertiary alicyclic amines) is 1. The van der Waals surface area contributed by atoms with Gasteiger partial charge in [0.15, 0.2) is 0 Å². The second-order valence-electron chi connectivity index (χ2n) is 5.21. The van der Waals surface area contributed by atoms with Gasteiger partial charge in [-0.3, -0.25) is 0 Å². The van der Waals surface area contributed by atoms with Crippen LogP contribution in [0.1, 0.15) is 25.7 Å². The fraction of sp³-hybridized carbons (Fsp3) is 1.00. The molecule has 3 nitrogen and oxygen atoms in total. The lowest BCUT2D eigenvalue weighted by molar-refractivity contribution is 0.129. The lowest BCUT2D eigenvalue weighted by atomic mass is 9.70. The van der Waals surface area contributed by atoms with E-state index in [1.165, 1.54) is 25.9 Å². The van der Waals surface area contributed by atoms with Crippen LogP contribution in [0.4, 0.5) is 0 Å². The van der Waals surface area contributed by atoms with Gasteiger partial charge in [0.25, 0.3) is 0 Å². The van der Waals surface area contributed by atoms with E-state index in [-0.39, 0.29) is 0 Å². The van der Waals surface area contributed by atoms with Crippen molar-refractivity contribution in [3.8, 4) is 0 Å². The summed E-state index contributed by atoms with van der Waals surface area (Å²) in [5, 5.41) is 0. The molecule has 1 heterocycles. The van der Waals surface area contributed by atoms with Crippen LogP contribution < -0.4 is 11.5 Å². The summed E-state index contributed by atoms with van der Waals surface area (Å²) in [7, 11) is 2.20. The monoisotopic (exact) mass is 197 g/mol. The van der Waals surface area contributed by atoms with Crippen molar-refractivity contribution in [3.05, 3.63) is 0 Å². The van der Waals surface area contributed by atoms with Crippen molar-refractivity contribution < 1.29 is 0 Å². The molecule has 0 aromatic carbocycles. The van der Waals surface area contributed by atoms with Crippen LogP contribution in [-0.4, -0.2) is 37.1 Å². The van der Waals surface area contributed by atoms with Crippen molar-refractivity contribution in [2.24, 2.45) is 23.3 Å². The highest BCUT2D eigenvalue weighted by atomic mass is 15.1. The van der Waals surface area contributed by atoms with Crippen molar-refractivity contribution >= 4 is 0 Å². The zero-order valence-corrected chi connectivity index (χ0v) is 9.15. The summed E-state index contributed by atoms with van der Waals surface area (Å²) in [4.78, 5) is 2.40. The van der Waals surface area contributed by atoms with Crippen LogP contribution >= 0.6 is 0 Å². The van der Waals surface area contributed by atoms with Crippen molar-refractivity contribution in [1.82, 2.24) is 4.90 Å². The molecule has 82 valence electrons. The number of nitrogens with two attached hydrogens (primary N) is 2. The molecule has 2 fully saturated rings. The fourth-order valence-corrected chi connectivity index (χ4v) is 2.82. The summed E-state index contributed by atoms with van der Waals surface area (Å²) in [6, 6.07) is 0.862. The van der Waals surface area contributed by atoms with Crippen molar-refractivity contribution in [3.63, 3.8) is 0 Å². The minimum atomic E-state index is 0.420. The highest BCUT2D eigenvalue weighted by molar-refractivity contribution is 4.93. The first-order valence-corrected chi connectivity index (χ1v) is 5.86. The minimum Gasteiger partial charge on any atom is -0.328 e. The van der Waals surface area contributed by atoms with Crippen molar-refractivity contribution in [1.29, 1.82) is 0 Å². The first-order valence-electron chi connectivity index (χ1n) is 5.86. The van der Waals surface area contributed by atoms with Gasteiger partial charge in [0.1, 0.15) is 0 Å². The molecule has 1 aliphatic heterocycles. The van der Waals surface area contributed by atoms with Gasteiger partial charge in [-0.1, -0.05) is 0 Å². The molecule has 1 saturated carbocycles. The molecule has 2 rings (SSSR count). The molecule has 14 heavy (non-hydrogen) atoms. The zero-order chi connectivity index (χ0) is 10.1. The van der Waals surface area contributed by atoms with Gasteiger partial charge in [0.05, 0.1) is 0 Å². The molecule has 1 aliphatic carbocycles. The van der Waals surface area contributed by atoms with E-state index in [4.69, 9.17) is 11.5 Å². The average molecular weight is 197 g/mol. The summed E-state index contributed by atoms with van der Waals surface area (Å²) < 4.78 is 0. The molecule has 1 unspecified atom stereocenters. The maximum Gasteiger partial charge on any atom is 0.00977 e. The molecule has 3 heteroatoms. The van der Waals surface area contributed by atoms with Crippen LogP contribution in [0, 0.1) is 11.8 Å². The Balaban J connectivity index is 1.77. The molecule has 1 atom stereocenters. The first kappa shape index (κ1) is 10.4. The fourth-order valence-electron chi connectivity index (χ4n) is 2.82. The molecule has 0 aromatic heterocycles. The molecule has 2 aliphatic rings. The lowest BCUT2D eigenvalue weighted by Crippen LogP contribution is -2.50. The predicted molar refractivity (Wildman–Crippen MR) is 58.9 cm³/mol. The second kappa shape index (κ2) is 4.17. The quantitative estimate of drug-likeness (QED) is 0.673. The van der Waals surface area contributed by atoms with E-state index in [1.54, 1.807) is 0 Å². The molecule has 0 aromatic rings. The molecular formula is C11H23N3. The maximum absolute atomic E-state index is 6.29. The Hall–Kier alpha value is -0.120. The molecule has 0 radical (unpaired) electrons. The Morgan fingerprint density at radius 2 is 1.71 bits per heavy atom. The van der Waals surface area contributed by atoms with Crippen LogP contribution in [0.15, 0.2) is 0 Å². The topological polar surface area (TPSA) is 55.3 Å². The van der Waals surface area contributed by atoms with E-state index in [1.807, 2.05) is 0 Å². The lowest BCUT2D eigenvalue weighted by Gasteiger charge is -2.42. The van der Waals surface area contributed by atoms with E-state index in [0.29, 0.717) is 12.1 Å². The maximum atomic E-state index is 6.29. The van der Waals surface area contributed by atoms with Crippen molar-refractivity contribution in [2.45, 2.75) is 37.8 Å². The molecular weight excluding hydrogens is 174 g/mol. The normalized spacial score (nSPS) is 37.9. The Bertz CT molecular complexity index is 181. The van der Waals surface area contributed by atoms with Gasteiger partial charge in [-0.05, 0) is 57.7 Å². The number of hydrogen-bond acceptors (Lipinski definition) is 3. The largest absolute Gasteiger partial charge is 0.328 e. The standard InChI is InChI=1S/C11H23N3/c1-14-4-2-8(3-5-14)11(13)9-6-10(12)7-9/h8-11H,2-7,12-13H2,1H3. The van der Waals surface area contributed by atoms with Gasteiger partial charge in [-0.25, -0.2) is 0 Å². The summed E-state index contributed by atoms with van der Waals surface area (Å²) >= 11 is 0. The van der Waals surface area contributed by atoms with Crippen LogP contribution in [0.2, 0.25) is 0 Å². The Morgan fingerprint density at radius 3 is 2.21 bits per heavy atom. The number of hydrogen-bond donors (Lipinski definition) is 2. The summed E-state index contributed by atoms with van der Waals surface area (Å²) in [5.41, 5.74) is 12.1. The molecule has 0 spiro atoms. The summed E-state index contributed by atoms with van der Waals surface area (Å²) in [5.74, 6) is 1.47. The van der Waals surface area contributed by atoms with Gasteiger partial charge in [0.2, 0.25) is 0 Å². The Morgan fingerprint density at radius 1 is 1.14 bits per heavy atom. The Kier molecular flexibility index (Phi) is 3.10. The predicted octanol–water partition coefficient (Wildman–Crippen LogP) is 0.393. The third-order valence-corrected chi connectivity index (χ3v) is 4.06. The third kappa shape index (κ3) is 2.10. The van der Waals surface area contributed by atoms with Gasteiger partial charge < -0.3 is 16.4 Å². The van der Waals surface area contributed by atoms with Gasteiger partial charge in [0, 0.05) is 12.1 Å². The minimum absolute atomic E-state index is 0.420. The first-order chi connectivity index (χ1) is 6.66. The summed E-state index contributed by atoms with van der Waals surface area (Å²) in [6.45, 7) is 2.44. The molecule has 4 N–H and O–H groups in total. The van der Waals surface area contributed by atoms with Gasteiger partial charge in [-0.2, -0.15) is 0 Å². The summed E-state index contributed by atoms with van der Waals surface area (Å²) in [6.07, 6.45) is 4.88. The van der Waals surface area contributed by atoms with Crippen LogP contribution in [0.25, 0.3) is 0 Å². The van der Waals surface area contributed by atoms with Crippen LogP contribution in [-0.2, 0) is 0 Å². The highest BCUT2D eigenvalue weighted by Gasteiger charge is 2.35. The number of rotatable bonds is 2. The van der Waals surface area contributed by atoms with E-state index < -0.39 is 0 Å². The molecule has 0 amide bonds. The van der Waals surface area contributed by atoms with E-state index in [0.717, 1.165) is 24.7 Å².